The van der Waals surface area contributed by atoms with Crippen molar-refractivity contribution in [2.24, 2.45) is 5.73 Å². The largest absolute Gasteiger partial charge is 0.508 e. The van der Waals surface area contributed by atoms with Crippen LogP contribution in [0.4, 0.5) is 0 Å². The molecule has 0 bridgehead atoms. The van der Waals surface area contributed by atoms with Crippen LogP contribution >= 0.6 is 0 Å². The monoisotopic (exact) mass is 222 g/mol. The molecule has 88 valence electrons. The lowest BCUT2D eigenvalue weighted by Crippen LogP contribution is -2.31. The van der Waals surface area contributed by atoms with E-state index < -0.39 is 0 Å². The van der Waals surface area contributed by atoms with Crippen LogP contribution in [0.2, 0.25) is 0 Å². The summed E-state index contributed by atoms with van der Waals surface area (Å²) in [6.45, 7) is 2.55. The van der Waals surface area contributed by atoms with Crippen molar-refractivity contribution in [3.8, 4) is 5.75 Å². The second kappa shape index (κ2) is 5.51. The number of hydrogen-bond donors (Lipinski definition) is 2. The molecule has 4 heteroatoms. The van der Waals surface area contributed by atoms with Crippen LogP contribution in [-0.4, -0.2) is 35.5 Å². The van der Waals surface area contributed by atoms with Crippen LogP contribution in [0.25, 0.3) is 0 Å². The molecule has 0 fully saturated rings. The summed E-state index contributed by atoms with van der Waals surface area (Å²) >= 11 is 0. The molecule has 0 saturated heterocycles. The quantitative estimate of drug-likeness (QED) is 0.804. The van der Waals surface area contributed by atoms with E-state index in [0.29, 0.717) is 12.1 Å². The topological polar surface area (TPSA) is 66.6 Å². The van der Waals surface area contributed by atoms with Gasteiger partial charge < -0.3 is 15.7 Å². The molecule has 1 aromatic carbocycles. The van der Waals surface area contributed by atoms with Crippen LogP contribution in [0, 0.1) is 0 Å². The highest BCUT2D eigenvalue weighted by Gasteiger charge is 2.11. The second-order valence-corrected chi connectivity index (χ2v) is 4.04. The van der Waals surface area contributed by atoms with Gasteiger partial charge in [0.15, 0.2) is 0 Å². The van der Waals surface area contributed by atoms with Crippen molar-refractivity contribution in [2.75, 3.05) is 13.6 Å². The summed E-state index contributed by atoms with van der Waals surface area (Å²) in [7, 11) is 1.75. The van der Waals surface area contributed by atoms with Crippen LogP contribution < -0.4 is 5.73 Å². The van der Waals surface area contributed by atoms with Crippen LogP contribution in [0.5, 0.6) is 5.75 Å². The van der Waals surface area contributed by atoms with E-state index in [9.17, 15) is 4.79 Å². The zero-order valence-corrected chi connectivity index (χ0v) is 9.68. The van der Waals surface area contributed by atoms with E-state index in [1.807, 2.05) is 6.92 Å². The summed E-state index contributed by atoms with van der Waals surface area (Å²) in [4.78, 5) is 13.5. The average Bonchev–Trinajstić information content (AvgIpc) is 2.26. The number of phenols is 1. The highest BCUT2D eigenvalue weighted by Crippen LogP contribution is 2.11. The van der Waals surface area contributed by atoms with Gasteiger partial charge in [0.2, 0.25) is 0 Å². The van der Waals surface area contributed by atoms with E-state index in [4.69, 9.17) is 10.8 Å². The number of benzene rings is 1. The van der Waals surface area contributed by atoms with E-state index in [1.165, 1.54) is 12.1 Å². The van der Waals surface area contributed by atoms with Crippen molar-refractivity contribution in [3.05, 3.63) is 29.8 Å². The molecule has 1 atom stereocenters. The molecule has 3 N–H and O–H groups in total. The first-order valence-corrected chi connectivity index (χ1v) is 5.31. The smallest absolute Gasteiger partial charge is 0.253 e. The number of carbonyl (C=O) groups is 1. The van der Waals surface area contributed by atoms with Crippen molar-refractivity contribution >= 4 is 5.91 Å². The molecule has 1 amide bonds. The molecule has 16 heavy (non-hydrogen) atoms. The maximum absolute atomic E-state index is 11.9. The Kier molecular flexibility index (Phi) is 4.31. The van der Waals surface area contributed by atoms with Gasteiger partial charge in [-0.25, -0.2) is 0 Å². The Morgan fingerprint density at radius 2 is 2.00 bits per heavy atom. The number of nitrogens with zero attached hydrogens (tertiary/aromatic N) is 1. The molecular weight excluding hydrogens is 204 g/mol. The van der Waals surface area contributed by atoms with Crippen molar-refractivity contribution in [2.45, 2.75) is 19.4 Å². The molecule has 0 aliphatic heterocycles. The van der Waals surface area contributed by atoms with E-state index >= 15 is 0 Å². The lowest BCUT2D eigenvalue weighted by molar-refractivity contribution is 0.0792. The molecule has 0 spiro atoms. The second-order valence-electron chi connectivity index (χ2n) is 4.04. The normalized spacial score (nSPS) is 12.2. The van der Waals surface area contributed by atoms with Crippen molar-refractivity contribution < 1.29 is 9.90 Å². The van der Waals surface area contributed by atoms with E-state index in [2.05, 4.69) is 0 Å². The third kappa shape index (κ3) is 3.55. The predicted octanol–water partition coefficient (Wildman–Crippen LogP) is 1.20. The Morgan fingerprint density at radius 1 is 1.44 bits per heavy atom. The first-order valence-electron chi connectivity index (χ1n) is 5.31. The minimum absolute atomic E-state index is 0.0550. The third-order valence-corrected chi connectivity index (χ3v) is 2.38. The van der Waals surface area contributed by atoms with Gasteiger partial charge in [-0.3, -0.25) is 4.79 Å². The number of amides is 1. The fourth-order valence-corrected chi connectivity index (χ4v) is 1.32. The van der Waals surface area contributed by atoms with Gasteiger partial charge in [0.25, 0.3) is 5.91 Å². The molecule has 0 aliphatic carbocycles. The summed E-state index contributed by atoms with van der Waals surface area (Å²) in [5, 5.41) is 9.11. The molecule has 1 rings (SSSR count). The van der Waals surface area contributed by atoms with Crippen LogP contribution in [0.1, 0.15) is 23.7 Å². The average molecular weight is 222 g/mol. The predicted molar refractivity (Wildman–Crippen MR) is 63.3 cm³/mol. The zero-order chi connectivity index (χ0) is 12.1. The number of hydrogen-bond acceptors (Lipinski definition) is 3. The molecule has 0 saturated carbocycles. The highest BCUT2D eigenvalue weighted by atomic mass is 16.3. The first-order chi connectivity index (χ1) is 7.50. The van der Waals surface area contributed by atoms with Gasteiger partial charge in [-0.1, -0.05) is 0 Å². The number of aromatic hydroxyl groups is 1. The number of phenolic OH excluding ortho intramolecular Hbond substituents is 1. The lowest BCUT2D eigenvalue weighted by Gasteiger charge is -2.18. The van der Waals surface area contributed by atoms with Crippen LogP contribution in [0.3, 0.4) is 0 Å². The summed E-state index contributed by atoms with van der Waals surface area (Å²) < 4.78 is 0. The van der Waals surface area contributed by atoms with Crippen molar-refractivity contribution in [3.63, 3.8) is 0 Å². The maximum Gasteiger partial charge on any atom is 0.253 e. The summed E-state index contributed by atoms with van der Waals surface area (Å²) in [6, 6.07) is 6.33. The van der Waals surface area contributed by atoms with Gasteiger partial charge in [-0.05, 0) is 37.6 Å². The number of carbonyl (C=O) groups excluding carboxylic acids is 1. The molecular formula is C12H18N2O2. The fourth-order valence-electron chi connectivity index (χ4n) is 1.32. The van der Waals surface area contributed by atoms with Crippen LogP contribution in [-0.2, 0) is 0 Å². The summed E-state index contributed by atoms with van der Waals surface area (Å²) in [5.41, 5.74) is 6.20. The zero-order valence-electron chi connectivity index (χ0n) is 9.68. The maximum atomic E-state index is 11.9. The van der Waals surface area contributed by atoms with Crippen molar-refractivity contribution in [1.82, 2.24) is 4.90 Å². The number of rotatable bonds is 4. The van der Waals surface area contributed by atoms with Gasteiger partial charge in [0.05, 0.1) is 0 Å². The Hall–Kier alpha value is -1.55. The van der Waals surface area contributed by atoms with Gasteiger partial charge in [-0.15, -0.1) is 0 Å². The number of nitrogens with two attached hydrogens (primary N) is 1. The third-order valence-electron chi connectivity index (χ3n) is 2.38. The minimum atomic E-state index is -0.0550. The first kappa shape index (κ1) is 12.5. The van der Waals surface area contributed by atoms with Crippen LogP contribution in [0.15, 0.2) is 24.3 Å². The summed E-state index contributed by atoms with van der Waals surface area (Å²) in [5.74, 6) is 0.107. The Balaban J connectivity index is 2.60. The van der Waals surface area contributed by atoms with Gasteiger partial charge in [0, 0.05) is 25.2 Å². The highest BCUT2D eigenvalue weighted by molar-refractivity contribution is 5.94. The lowest BCUT2D eigenvalue weighted by atomic mass is 10.2. The molecule has 1 unspecified atom stereocenters. The SMILES string of the molecule is CC(N)CCN(C)C(=O)c1ccc(O)cc1. The molecule has 0 aliphatic rings. The molecule has 4 nitrogen and oxygen atoms in total. The van der Waals surface area contributed by atoms with E-state index in [-0.39, 0.29) is 17.7 Å². The Morgan fingerprint density at radius 3 is 2.50 bits per heavy atom. The van der Waals surface area contributed by atoms with Crippen molar-refractivity contribution in [1.29, 1.82) is 0 Å². The Labute approximate surface area is 95.7 Å². The standard InChI is InChI=1S/C12H18N2O2/c1-9(13)7-8-14(2)12(16)10-3-5-11(15)6-4-10/h3-6,9,15H,7-8,13H2,1-2H3. The fraction of sp³-hybridized carbons (Fsp3) is 0.417. The van der Waals surface area contributed by atoms with Gasteiger partial charge in [0.1, 0.15) is 5.75 Å². The van der Waals surface area contributed by atoms with Gasteiger partial charge in [-0.2, -0.15) is 0 Å². The van der Waals surface area contributed by atoms with E-state index in [0.717, 1.165) is 6.42 Å². The molecule has 1 aromatic rings. The molecule has 0 aromatic heterocycles. The summed E-state index contributed by atoms with van der Waals surface area (Å²) in [6.07, 6.45) is 0.778. The molecule has 0 radical (unpaired) electrons. The van der Waals surface area contributed by atoms with Gasteiger partial charge >= 0.3 is 0 Å². The van der Waals surface area contributed by atoms with E-state index in [1.54, 1.807) is 24.1 Å². The minimum Gasteiger partial charge on any atom is -0.508 e. The molecule has 0 heterocycles. The Bertz CT molecular complexity index is 347.